The second-order valence-electron chi connectivity index (χ2n) is 5.84. The van der Waals surface area contributed by atoms with Gasteiger partial charge in [0.2, 0.25) is 5.88 Å². The average molecular weight is 420 g/mol. The Morgan fingerprint density at radius 2 is 1.45 bits per heavy atom. The van der Waals surface area contributed by atoms with Crippen LogP contribution in [0.2, 0.25) is 0 Å². The summed E-state index contributed by atoms with van der Waals surface area (Å²) in [6.07, 6.45) is -9.26. The zero-order valence-electron chi connectivity index (χ0n) is 14.5. The van der Waals surface area contributed by atoms with Crippen molar-refractivity contribution in [1.82, 2.24) is 9.78 Å². The number of halogens is 7. The molecule has 0 aliphatic carbocycles. The van der Waals surface area contributed by atoms with Gasteiger partial charge in [0.05, 0.1) is 5.56 Å². The normalized spacial score (nSPS) is 12.1. The van der Waals surface area contributed by atoms with Crippen molar-refractivity contribution in [2.45, 2.75) is 12.4 Å². The third kappa shape index (κ3) is 4.98. The van der Waals surface area contributed by atoms with Crippen LogP contribution in [0, 0.1) is 5.82 Å². The second-order valence-corrected chi connectivity index (χ2v) is 5.84. The molecule has 0 atom stereocenters. The smallest absolute Gasteiger partial charge is 0.433 e. The molecule has 0 saturated carbocycles. The predicted molar refractivity (Wildman–Crippen MR) is 86.2 cm³/mol. The Kier molecular flexibility index (Phi) is 5.16. The fourth-order valence-corrected chi connectivity index (χ4v) is 2.40. The fourth-order valence-electron chi connectivity index (χ4n) is 2.40. The number of rotatable bonds is 4. The van der Waals surface area contributed by atoms with Gasteiger partial charge in [0.1, 0.15) is 28.8 Å². The summed E-state index contributed by atoms with van der Waals surface area (Å²) in [6.45, 7) is 0. The molecule has 2 aromatic carbocycles. The Balaban J connectivity index is 1.84. The first kappa shape index (κ1) is 20.5. The zero-order valence-corrected chi connectivity index (χ0v) is 14.5. The standard InChI is InChI=1S/C18H11F7N2O2/c1-27-15(18(23,24)25)9-16(26-27)29-14-7-11(19)6-13(8-14)28-12-4-2-3-10(5-12)17(20,21)22/h2-9H,1H3. The van der Waals surface area contributed by atoms with Gasteiger partial charge in [-0.15, -0.1) is 5.10 Å². The highest BCUT2D eigenvalue weighted by Gasteiger charge is 2.35. The Bertz CT molecular complexity index is 1030. The summed E-state index contributed by atoms with van der Waals surface area (Å²) in [6, 6.07) is 7.37. The molecule has 0 spiro atoms. The molecule has 0 N–H and O–H groups in total. The molecule has 0 fully saturated rings. The number of aromatic nitrogens is 2. The van der Waals surface area contributed by atoms with Crippen LogP contribution in [0.5, 0.6) is 23.1 Å². The van der Waals surface area contributed by atoms with E-state index < -0.39 is 35.3 Å². The molecule has 0 amide bonds. The zero-order chi connectivity index (χ0) is 21.4. The van der Waals surface area contributed by atoms with Crippen LogP contribution in [0.4, 0.5) is 30.7 Å². The summed E-state index contributed by atoms with van der Waals surface area (Å²) in [7, 11) is 1.06. The molecule has 4 nitrogen and oxygen atoms in total. The van der Waals surface area contributed by atoms with Crippen LogP contribution >= 0.6 is 0 Å². The van der Waals surface area contributed by atoms with Crippen molar-refractivity contribution in [1.29, 1.82) is 0 Å². The minimum atomic E-state index is -4.66. The van der Waals surface area contributed by atoms with Crippen LogP contribution in [0.1, 0.15) is 11.3 Å². The maximum Gasteiger partial charge on any atom is 0.433 e. The lowest BCUT2D eigenvalue weighted by Crippen LogP contribution is -2.11. The van der Waals surface area contributed by atoms with E-state index in [1.807, 2.05) is 0 Å². The maximum absolute atomic E-state index is 13.8. The number of hydrogen-bond acceptors (Lipinski definition) is 3. The molecule has 0 aliphatic heterocycles. The molecule has 0 aliphatic rings. The van der Waals surface area contributed by atoms with Gasteiger partial charge in [0, 0.05) is 31.3 Å². The van der Waals surface area contributed by atoms with E-state index in [1.165, 1.54) is 6.07 Å². The van der Waals surface area contributed by atoms with E-state index in [0.29, 0.717) is 10.7 Å². The minimum absolute atomic E-state index is 0.214. The molecular weight excluding hydrogens is 409 g/mol. The van der Waals surface area contributed by atoms with Gasteiger partial charge >= 0.3 is 12.4 Å². The third-order valence-corrected chi connectivity index (χ3v) is 3.61. The van der Waals surface area contributed by atoms with E-state index in [9.17, 15) is 30.7 Å². The van der Waals surface area contributed by atoms with Gasteiger partial charge in [-0.1, -0.05) is 6.07 Å². The summed E-state index contributed by atoms with van der Waals surface area (Å²) in [5.41, 5.74) is -2.04. The first-order chi connectivity index (χ1) is 13.4. The third-order valence-electron chi connectivity index (χ3n) is 3.61. The largest absolute Gasteiger partial charge is 0.457 e. The van der Waals surface area contributed by atoms with Crippen molar-refractivity contribution in [2.24, 2.45) is 7.05 Å². The SMILES string of the molecule is Cn1nc(Oc2cc(F)cc(Oc3cccc(C(F)(F)F)c3)c2)cc1C(F)(F)F. The van der Waals surface area contributed by atoms with Crippen molar-refractivity contribution in [2.75, 3.05) is 0 Å². The maximum atomic E-state index is 13.8. The number of alkyl halides is 6. The first-order valence-corrected chi connectivity index (χ1v) is 7.86. The number of ether oxygens (including phenoxy) is 2. The van der Waals surface area contributed by atoms with Gasteiger partial charge in [-0.3, -0.25) is 4.68 Å². The molecule has 0 unspecified atom stereocenters. The minimum Gasteiger partial charge on any atom is -0.457 e. The highest BCUT2D eigenvalue weighted by atomic mass is 19.4. The van der Waals surface area contributed by atoms with Crippen LogP contribution < -0.4 is 9.47 Å². The molecule has 0 bridgehead atoms. The Labute approximate surface area is 159 Å². The summed E-state index contributed by atoms with van der Waals surface area (Å²) in [4.78, 5) is 0. The molecule has 0 radical (unpaired) electrons. The first-order valence-electron chi connectivity index (χ1n) is 7.86. The van der Waals surface area contributed by atoms with Crippen LogP contribution in [0.3, 0.4) is 0 Å². The van der Waals surface area contributed by atoms with Crippen LogP contribution in [-0.2, 0) is 19.4 Å². The molecule has 3 aromatic rings. The second kappa shape index (κ2) is 7.30. The van der Waals surface area contributed by atoms with Crippen molar-refractivity contribution in [3.05, 3.63) is 65.6 Å². The molecule has 154 valence electrons. The van der Waals surface area contributed by atoms with Crippen LogP contribution in [0.25, 0.3) is 0 Å². The number of benzene rings is 2. The number of aryl methyl sites for hydroxylation is 1. The summed E-state index contributed by atoms with van der Waals surface area (Å²) >= 11 is 0. The predicted octanol–water partition coefficient (Wildman–Crippen LogP) is 6.18. The monoisotopic (exact) mass is 420 g/mol. The van der Waals surface area contributed by atoms with Crippen molar-refractivity contribution < 1.29 is 40.2 Å². The topological polar surface area (TPSA) is 36.3 Å². The molecule has 29 heavy (non-hydrogen) atoms. The lowest BCUT2D eigenvalue weighted by atomic mass is 10.2. The number of nitrogens with zero attached hydrogens (tertiary/aromatic N) is 2. The van der Waals surface area contributed by atoms with E-state index in [-0.39, 0.29) is 17.2 Å². The van der Waals surface area contributed by atoms with Crippen LogP contribution in [-0.4, -0.2) is 9.78 Å². The quantitative estimate of drug-likeness (QED) is 0.473. The van der Waals surface area contributed by atoms with Crippen molar-refractivity contribution in [3.8, 4) is 23.1 Å². The van der Waals surface area contributed by atoms with Gasteiger partial charge in [-0.25, -0.2) is 4.39 Å². The van der Waals surface area contributed by atoms with E-state index >= 15 is 0 Å². The van der Waals surface area contributed by atoms with Crippen LogP contribution in [0.15, 0.2) is 48.5 Å². The Morgan fingerprint density at radius 1 is 0.793 bits per heavy atom. The fraction of sp³-hybridized carbons (Fsp3) is 0.167. The van der Waals surface area contributed by atoms with Gasteiger partial charge < -0.3 is 9.47 Å². The summed E-state index contributed by atoms with van der Waals surface area (Å²) < 4.78 is 101. The Hall–Kier alpha value is -3.24. The highest BCUT2D eigenvalue weighted by molar-refractivity contribution is 5.40. The molecule has 1 heterocycles. The molecule has 11 heteroatoms. The van der Waals surface area contributed by atoms with Crippen molar-refractivity contribution >= 4 is 0 Å². The van der Waals surface area contributed by atoms with Gasteiger partial charge in [0.25, 0.3) is 0 Å². The molecular formula is C18H11F7N2O2. The highest BCUT2D eigenvalue weighted by Crippen LogP contribution is 2.35. The van der Waals surface area contributed by atoms with Gasteiger partial charge in [-0.05, 0) is 18.2 Å². The Morgan fingerprint density at radius 3 is 2.03 bits per heavy atom. The van der Waals surface area contributed by atoms with Gasteiger partial charge in [0.15, 0.2) is 0 Å². The van der Waals surface area contributed by atoms with E-state index in [0.717, 1.165) is 43.4 Å². The summed E-state index contributed by atoms with van der Waals surface area (Å²) in [5, 5.41) is 3.54. The summed E-state index contributed by atoms with van der Waals surface area (Å²) in [5.74, 6) is -2.01. The van der Waals surface area contributed by atoms with Crippen molar-refractivity contribution in [3.63, 3.8) is 0 Å². The molecule has 3 rings (SSSR count). The van der Waals surface area contributed by atoms with E-state index in [1.54, 1.807) is 0 Å². The number of hydrogen-bond donors (Lipinski definition) is 0. The average Bonchev–Trinajstić information content (AvgIpc) is 2.94. The van der Waals surface area contributed by atoms with Gasteiger partial charge in [-0.2, -0.15) is 26.3 Å². The van der Waals surface area contributed by atoms with E-state index in [2.05, 4.69) is 5.10 Å². The lowest BCUT2D eigenvalue weighted by Gasteiger charge is -2.11. The lowest BCUT2D eigenvalue weighted by molar-refractivity contribution is -0.143. The molecule has 1 aromatic heterocycles. The van der Waals surface area contributed by atoms with E-state index in [4.69, 9.17) is 9.47 Å². The molecule has 0 saturated heterocycles.